The predicted molar refractivity (Wildman–Crippen MR) is 81.1 cm³/mol. The zero-order valence-electron chi connectivity index (χ0n) is 13.0. The Morgan fingerprint density at radius 2 is 2.00 bits per heavy atom. The summed E-state index contributed by atoms with van der Waals surface area (Å²) in [7, 11) is 1.40. The molecule has 0 aliphatic rings. The summed E-state index contributed by atoms with van der Waals surface area (Å²) in [4.78, 5) is 22.5. The molecular formula is C16H19NO5. The van der Waals surface area contributed by atoms with Gasteiger partial charge in [0.15, 0.2) is 0 Å². The normalized spacial score (nSPS) is 10.2. The van der Waals surface area contributed by atoms with Crippen molar-refractivity contribution in [1.29, 1.82) is 0 Å². The molecule has 0 aliphatic carbocycles. The van der Waals surface area contributed by atoms with Crippen molar-refractivity contribution in [3.05, 3.63) is 29.3 Å². The van der Waals surface area contributed by atoms with E-state index in [0.29, 0.717) is 5.56 Å². The van der Waals surface area contributed by atoms with Gasteiger partial charge in [-0.1, -0.05) is 11.8 Å². The Morgan fingerprint density at radius 1 is 1.32 bits per heavy atom. The third kappa shape index (κ3) is 5.75. The molecule has 118 valence electrons. The maximum absolute atomic E-state index is 11.4. The van der Waals surface area contributed by atoms with Crippen molar-refractivity contribution < 1.29 is 24.2 Å². The molecule has 0 unspecified atom stereocenters. The zero-order chi connectivity index (χ0) is 16.8. The second kappa shape index (κ2) is 7.36. The molecule has 6 heteroatoms. The topological polar surface area (TPSA) is 84.9 Å². The van der Waals surface area contributed by atoms with E-state index in [1.165, 1.54) is 19.2 Å². The minimum absolute atomic E-state index is 0.0365. The van der Waals surface area contributed by atoms with E-state index in [-0.39, 0.29) is 17.9 Å². The van der Waals surface area contributed by atoms with Gasteiger partial charge in [-0.3, -0.25) is 0 Å². The molecule has 0 spiro atoms. The fraction of sp³-hybridized carbons (Fsp3) is 0.375. The van der Waals surface area contributed by atoms with Crippen molar-refractivity contribution in [1.82, 2.24) is 5.32 Å². The molecule has 0 radical (unpaired) electrons. The van der Waals surface area contributed by atoms with Crippen LogP contribution in [0.15, 0.2) is 18.2 Å². The molecule has 2 N–H and O–H groups in total. The maximum Gasteiger partial charge on any atom is 0.408 e. The van der Waals surface area contributed by atoms with Gasteiger partial charge in [0.25, 0.3) is 0 Å². The Morgan fingerprint density at radius 3 is 2.55 bits per heavy atom. The molecule has 1 amide bonds. The summed E-state index contributed by atoms with van der Waals surface area (Å²) in [6.45, 7) is 5.40. The van der Waals surface area contributed by atoms with E-state index in [1.807, 2.05) is 0 Å². The molecule has 1 aromatic carbocycles. The molecule has 0 aromatic heterocycles. The number of carbonyl (C=O) groups is 2. The number of amides is 1. The molecule has 6 nitrogen and oxygen atoms in total. The van der Waals surface area contributed by atoms with E-state index >= 15 is 0 Å². The lowest BCUT2D eigenvalue weighted by atomic mass is 10.1. The van der Waals surface area contributed by atoms with Crippen LogP contribution in [-0.2, 0) is 4.74 Å². The van der Waals surface area contributed by atoms with Crippen LogP contribution >= 0.6 is 0 Å². The van der Waals surface area contributed by atoms with E-state index in [1.54, 1.807) is 26.8 Å². The molecule has 1 aromatic rings. The van der Waals surface area contributed by atoms with Gasteiger partial charge in [0.05, 0.1) is 13.7 Å². The molecule has 0 saturated heterocycles. The van der Waals surface area contributed by atoms with Gasteiger partial charge in [-0.2, -0.15) is 0 Å². The SMILES string of the molecule is COc1ccc(C#CCNC(=O)OC(C)(C)C)cc1C(=O)O. The van der Waals surface area contributed by atoms with Gasteiger partial charge in [-0.15, -0.1) is 0 Å². The Kier molecular flexibility index (Phi) is 5.81. The first-order chi connectivity index (χ1) is 10.2. The number of methoxy groups -OCH3 is 1. The van der Waals surface area contributed by atoms with Gasteiger partial charge in [0, 0.05) is 5.56 Å². The zero-order valence-corrected chi connectivity index (χ0v) is 13.0. The van der Waals surface area contributed by atoms with E-state index in [0.717, 1.165) is 0 Å². The number of ether oxygens (including phenoxy) is 2. The van der Waals surface area contributed by atoms with Crippen molar-refractivity contribution in [2.45, 2.75) is 26.4 Å². The number of hydrogen-bond donors (Lipinski definition) is 2. The number of carboxylic acids is 1. The van der Waals surface area contributed by atoms with Crippen molar-refractivity contribution in [2.75, 3.05) is 13.7 Å². The summed E-state index contributed by atoms with van der Waals surface area (Å²) in [6.07, 6.45) is -0.553. The van der Waals surface area contributed by atoms with E-state index < -0.39 is 17.7 Å². The Bertz CT molecular complexity index is 620. The smallest absolute Gasteiger partial charge is 0.408 e. The summed E-state index contributed by atoms with van der Waals surface area (Å²) in [5, 5.41) is 11.6. The molecular weight excluding hydrogens is 286 g/mol. The average molecular weight is 305 g/mol. The van der Waals surface area contributed by atoms with Gasteiger partial charge >= 0.3 is 12.1 Å². The van der Waals surface area contributed by atoms with E-state index in [2.05, 4.69) is 17.2 Å². The summed E-state index contributed by atoms with van der Waals surface area (Å²) >= 11 is 0. The van der Waals surface area contributed by atoms with Gasteiger partial charge in [-0.25, -0.2) is 9.59 Å². The number of alkyl carbamates (subject to hydrolysis) is 1. The molecule has 0 bridgehead atoms. The van der Waals surface area contributed by atoms with Gasteiger partial charge in [0.2, 0.25) is 0 Å². The summed E-state index contributed by atoms with van der Waals surface area (Å²) in [5.41, 5.74) is -0.0113. The Hall–Kier alpha value is -2.68. The lowest BCUT2D eigenvalue weighted by Crippen LogP contribution is -2.32. The summed E-state index contributed by atoms with van der Waals surface area (Å²) in [6, 6.07) is 4.60. The Balaban J connectivity index is 2.67. The number of carboxylic acid groups (broad SMARTS) is 1. The first-order valence-electron chi connectivity index (χ1n) is 6.60. The molecule has 0 heterocycles. The lowest BCUT2D eigenvalue weighted by Gasteiger charge is -2.19. The number of benzene rings is 1. The van der Waals surface area contributed by atoms with Gasteiger partial charge < -0.3 is 19.9 Å². The minimum atomic E-state index is -1.09. The minimum Gasteiger partial charge on any atom is -0.496 e. The molecule has 1 rings (SSSR count). The van der Waals surface area contributed by atoms with E-state index in [4.69, 9.17) is 14.6 Å². The number of rotatable bonds is 3. The fourth-order valence-electron chi connectivity index (χ4n) is 1.53. The predicted octanol–water partition coefficient (Wildman–Crippen LogP) is 2.27. The van der Waals surface area contributed by atoms with Crippen LogP contribution in [0.2, 0.25) is 0 Å². The van der Waals surface area contributed by atoms with Crippen LogP contribution in [0.3, 0.4) is 0 Å². The van der Waals surface area contributed by atoms with Crippen LogP contribution < -0.4 is 10.1 Å². The third-order valence-electron chi connectivity index (χ3n) is 2.38. The molecule has 0 atom stereocenters. The summed E-state index contributed by atoms with van der Waals surface area (Å²) < 4.78 is 10.0. The second-order valence-corrected chi connectivity index (χ2v) is 5.38. The second-order valence-electron chi connectivity index (χ2n) is 5.38. The quantitative estimate of drug-likeness (QED) is 0.837. The standard InChI is InChI=1S/C16H19NO5/c1-16(2,3)22-15(20)17-9-5-6-11-7-8-13(21-4)12(10-11)14(18)19/h7-8,10H,9H2,1-4H3,(H,17,20)(H,18,19). The lowest BCUT2D eigenvalue weighted by molar-refractivity contribution is 0.0534. The summed E-state index contributed by atoms with van der Waals surface area (Å²) in [5.74, 6) is 4.67. The molecule has 22 heavy (non-hydrogen) atoms. The van der Waals surface area contributed by atoms with Crippen LogP contribution in [0.25, 0.3) is 0 Å². The number of aromatic carboxylic acids is 1. The van der Waals surface area contributed by atoms with Crippen molar-refractivity contribution >= 4 is 12.1 Å². The average Bonchev–Trinajstić information content (AvgIpc) is 2.41. The molecule has 0 aliphatic heterocycles. The van der Waals surface area contributed by atoms with Crippen LogP contribution in [0, 0.1) is 11.8 Å². The monoisotopic (exact) mass is 305 g/mol. The van der Waals surface area contributed by atoms with Crippen molar-refractivity contribution in [3.8, 4) is 17.6 Å². The number of nitrogens with one attached hydrogen (secondary N) is 1. The van der Waals surface area contributed by atoms with Crippen molar-refractivity contribution in [3.63, 3.8) is 0 Å². The molecule has 0 saturated carbocycles. The van der Waals surface area contributed by atoms with Crippen LogP contribution in [-0.4, -0.2) is 36.4 Å². The van der Waals surface area contributed by atoms with Gasteiger partial charge in [0.1, 0.15) is 16.9 Å². The first-order valence-corrected chi connectivity index (χ1v) is 6.60. The first kappa shape index (κ1) is 17.4. The van der Waals surface area contributed by atoms with Crippen molar-refractivity contribution in [2.24, 2.45) is 0 Å². The highest BCUT2D eigenvalue weighted by atomic mass is 16.6. The number of hydrogen-bond acceptors (Lipinski definition) is 4. The maximum atomic E-state index is 11.4. The van der Waals surface area contributed by atoms with E-state index in [9.17, 15) is 9.59 Å². The highest BCUT2D eigenvalue weighted by Gasteiger charge is 2.15. The fourth-order valence-corrected chi connectivity index (χ4v) is 1.53. The highest BCUT2D eigenvalue weighted by molar-refractivity contribution is 5.91. The van der Waals surface area contributed by atoms with Gasteiger partial charge in [-0.05, 0) is 39.0 Å². The largest absolute Gasteiger partial charge is 0.496 e. The van der Waals surface area contributed by atoms with Crippen LogP contribution in [0.5, 0.6) is 5.75 Å². The van der Waals surface area contributed by atoms with Crippen LogP contribution in [0.4, 0.5) is 4.79 Å². The van der Waals surface area contributed by atoms with Crippen LogP contribution in [0.1, 0.15) is 36.7 Å². The Labute approximate surface area is 129 Å². The highest BCUT2D eigenvalue weighted by Crippen LogP contribution is 2.19. The molecule has 0 fully saturated rings. The number of carbonyl (C=O) groups excluding carboxylic acids is 1. The third-order valence-corrected chi connectivity index (χ3v) is 2.38.